The van der Waals surface area contributed by atoms with Gasteiger partial charge in [0.15, 0.2) is 0 Å². The van der Waals surface area contributed by atoms with E-state index in [1.807, 2.05) is 34.5 Å². The molecule has 0 saturated carbocycles. The van der Waals surface area contributed by atoms with Crippen molar-refractivity contribution in [3.05, 3.63) is 40.8 Å². The van der Waals surface area contributed by atoms with Crippen LogP contribution in [0.5, 0.6) is 0 Å². The molecule has 2 heterocycles. The SMILES string of the molecule is c1ccc2c(c1)nnn2CSCc1cscn1. The van der Waals surface area contributed by atoms with E-state index in [-0.39, 0.29) is 0 Å². The highest BCUT2D eigenvalue weighted by molar-refractivity contribution is 7.97. The third-order valence-corrected chi connectivity index (χ3v) is 3.93. The highest BCUT2D eigenvalue weighted by atomic mass is 32.2. The second-order valence-electron chi connectivity index (χ2n) is 3.54. The van der Waals surface area contributed by atoms with E-state index >= 15 is 0 Å². The Morgan fingerprint density at radius 3 is 3.12 bits per heavy atom. The third-order valence-electron chi connectivity index (χ3n) is 2.37. The van der Waals surface area contributed by atoms with E-state index < -0.39 is 0 Å². The van der Waals surface area contributed by atoms with Crippen LogP contribution in [-0.2, 0) is 11.6 Å². The van der Waals surface area contributed by atoms with Crippen molar-refractivity contribution in [2.45, 2.75) is 11.6 Å². The number of para-hydroxylation sites is 1. The third kappa shape index (κ3) is 2.32. The van der Waals surface area contributed by atoms with Gasteiger partial charge in [-0.05, 0) is 12.1 Å². The molecule has 0 unspecified atom stereocenters. The second-order valence-corrected chi connectivity index (χ2v) is 5.21. The average molecular weight is 262 g/mol. The van der Waals surface area contributed by atoms with Gasteiger partial charge in [-0.2, -0.15) is 0 Å². The van der Waals surface area contributed by atoms with Crippen molar-refractivity contribution in [3.8, 4) is 0 Å². The molecule has 0 radical (unpaired) electrons. The van der Waals surface area contributed by atoms with Crippen molar-refractivity contribution in [1.82, 2.24) is 20.0 Å². The number of fused-ring (bicyclic) bond motifs is 1. The van der Waals surface area contributed by atoms with E-state index in [1.54, 1.807) is 23.1 Å². The highest BCUT2D eigenvalue weighted by Gasteiger charge is 2.03. The van der Waals surface area contributed by atoms with Crippen LogP contribution in [0, 0.1) is 0 Å². The quantitative estimate of drug-likeness (QED) is 0.725. The number of benzene rings is 1. The molecule has 4 nitrogen and oxygen atoms in total. The maximum atomic E-state index is 4.25. The van der Waals surface area contributed by atoms with Gasteiger partial charge in [0, 0.05) is 11.1 Å². The molecule has 0 spiro atoms. The van der Waals surface area contributed by atoms with E-state index in [4.69, 9.17) is 0 Å². The standard InChI is InChI=1S/C11H10N4S2/c1-2-4-11-10(3-1)13-14-15(11)8-17-6-9-5-16-7-12-9/h1-5,7H,6,8H2. The normalized spacial score (nSPS) is 11.1. The number of rotatable bonds is 4. The summed E-state index contributed by atoms with van der Waals surface area (Å²) in [5.41, 5.74) is 5.02. The predicted molar refractivity (Wildman–Crippen MR) is 70.9 cm³/mol. The largest absolute Gasteiger partial charge is 0.249 e. The minimum Gasteiger partial charge on any atom is -0.249 e. The monoisotopic (exact) mass is 262 g/mol. The van der Waals surface area contributed by atoms with Crippen LogP contribution in [0.4, 0.5) is 0 Å². The van der Waals surface area contributed by atoms with E-state index in [0.29, 0.717) is 0 Å². The summed E-state index contributed by atoms with van der Waals surface area (Å²) in [6, 6.07) is 8.00. The van der Waals surface area contributed by atoms with Crippen LogP contribution >= 0.6 is 23.1 Å². The zero-order valence-electron chi connectivity index (χ0n) is 8.98. The number of hydrogen-bond acceptors (Lipinski definition) is 5. The molecule has 6 heteroatoms. The molecule has 86 valence electrons. The molecule has 2 aromatic heterocycles. The molecule has 0 fully saturated rings. The predicted octanol–water partition coefficient (Wildman–Crippen LogP) is 2.78. The number of hydrogen-bond donors (Lipinski definition) is 0. The molecule has 0 atom stereocenters. The van der Waals surface area contributed by atoms with E-state index in [9.17, 15) is 0 Å². The molecule has 0 saturated heterocycles. The van der Waals surface area contributed by atoms with Crippen molar-refractivity contribution < 1.29 is 0 Å². The Hall–Kier alpha value is -1.40. The van der Waals surface area contributed by atoms with Gasteiger partial charge in [-0.15, -0.1) is 28.2 Å². The summed E-state index contributed by atoms with van der Waals surface area (Å²) in [6.45, 7) is 0. The first kappa shape index (κ1) is 10.7. The number of thioether (sulfide) groups is 1. The first-order valence-electron chi connectivity index (χ1n) is 5.16. The Bertz CT molecular complexity index is 603. The molecule has 17 heavy (non-hydrogen) atoms. The van der Waals surface area contributed by atoms with Crippen molar-refractivity contribution in [2.24, 2.45) is 0 Å². The number of thiazole rings is 1. The Kier molecular flexibility index (Phi) is 3.06. The van der Waals surface area contributed by atoms with Crippen molar-refractivity contribution >= 4 is 34.1 Å². The van der Waals surface area contributed by atoms with Crippen LogP contribution in [0.3, 0.4) is 0 Å². The van der Waals surface area contributed by atoms with E-state index in [2.05, 4.69) is 20.7 Å². The summed E-state index contributed by atoms with van der Waals surface area (Å²) < 4.78 is 1.92. The second kappa shape index (κ2) is 4.85. The summed E-state index contributed by atoms with van der Waals surface area (Å²) in [4.78, 5) is 4.25. The van der Waals surface area contributed by atoms with Crippen LogP contribution in [0.2, 0.25) is 0 Å². The van der Waals surface area contributed by atoms with Crippen LogP contribution in [0.25, 0.3) is 11.0 Å². The zero-order valence-corrected chi connectivity index (χ0v) is 10.6. The Labute approximate surface area is 107 Å². The maximum absolute atomic E-state index is 4.25. The maximum Gasteiger partial charge on any atom is 0.113 e. The topological polar surface area (TPSA) is 43.6 Å². The minimum atomic E-state index is 0.804. The number of aromatic nitrogens is 4. The molecule has 1 aromatic carbocycles. The first-order valence-corrected chi connectivity index (χ1v) is 7.26. The lowest BCUT2D eigenvalue weighted by atomic mass is 10.3. The lowest BCUT2D eigenvalue weighted by Crippen LogP contribution is -1.97. The smallest absolute Gasteiger partial charge is 0.113 e. The lowest BCUT2D eigenvalue weighted by Gasteiger charge is -2.00. The molecule has 0 aliphatic heterocycles. The van der Waals surface area contributed by atoms with Crippen LogP contribution < -0.4 is 0 Å². The number of nitrogens with zero attached hydrogens (tertiary/aromatic N) is 4. The Morgan fingerprint density at radius 2 is 2.24 bits per heavy atom. The summed E-state index contributed by atoms with van der Waals surface area (Å²) in [6.07, 6.45) is 0. The van der Waals surface area contributed by atoms with Gasteiger partial charge in [-0.25, -0.2) is 9.67 Å². The van der Waals surface area contributed by atoms with Crippen molar-refractivity contribution in [3.63, 3.8) is 0 Å². The Balaban J connectivity index is 1.69. The lowest BCUT2D eigenvalue weighted by molar-refractivity contribution is 0.722. The highest BCUT2D eigenvalue weighted by Crippen LogP contribution is 2.17. The van der Waals surface area contributed by atoms with Gasteiger partial charge >= 0.3 is 0 Å². The minimum absolute atomic E-state index is 0.804. The fourth-order valence-electron chi connectivity index (χ4n) is 1.56. The molecule has 3 rings (SSSR count). The first-order chi connectivity index (χ1) is 8.43. The molecule has 3 aromatic rings. The average Bonchev–Trinajstić information content (AvgIpc) is 2.99. The van der Waals surface area contributed by atoms with Gasteiger partial charge in [0.25, 0.3) is 0 Å². The van der Waals surface area contributed by atoms with Crippen LogP contribution in [0.15, 0.2) is 35.2 Å². The molecular weight excluding hydrogens is 252 g/mol. The summed E-state index contributed by atoms with van der Waals surface area (Å²) in [5, 5.41) is 10.3. The summed E-state index contributed by atoms with van der Waals surface area (Å²) in [7, 11) is 0. The van der Waals surface area contributed by atoms with Gasteiger partial charge in [-0.3, -0.25) is 0 Å². The van der Waals surface area contributed by atoms with Crippen LogP contribution in [0.1, 0.15) is 5.69 Å². The molecule has 0 aliphatic rings. The summed E-state index contributed by atoms with van der Waals surface area (Å²) in [5.74, 6) is 1.72. The van der Waals surface area contributed by atoms with Crippen molar-refractivity contribution in [2.75, 3.05) is 0 Å². The summed E-state index contributed by atoms with van der Waals surface area (Å²) >= 11 is 3.42. The fourth-order valence-corrected chi connectivity index (χ4v) is 3.04. The van der Waals surface area contributed by atoms with Gasteiger partial charge in [0.2, 0.25) is 0 Å². The van der Waals surface area contributed by atoms with E-state index in [0.717, 1.165) is 28.4 Å². The molecule has 0 amide bonds. The van der Waals surface area contributed by atoms with Crippen molar-refractivity contribution in [1.29, 1.82) is 0 Å². The van der Waals surface area contributed by atoms with Gasteiger partial charge in [0.1, 0.15) is 5.52 Å². The fraction of sp³-hybridized carbons (Fsp3) is 0.182. The van der Waals surface area contributed by atoms with Gasteiger partial charge in [0.05, 0.1) is 22.6 Å². The van der Waals surface area contributed by atoms with Crippen LogP contribution in [-0.4, -0.2) is 20.0 Å². The Morgan fingerprint density at radius 1 is 1.29 bits per heavy atom. The molecule has 0 bridgehead atoms. The van der Waals surface area contributed by atoms with E-state index in [1.165, 1.54) is 0 Å². The zero-order chi connectivity index (χ0) is 11.5. The molecule has 0 N–H and O–H groups in total. The van der Waals surface area contributed by atoms with Gasteiger partial charge in [-0.1, -0.05) is 17.3 Å². The van der Waals surface area contributed by atoms with Gasteiger partial charge < -0.3 is 0 Å². The molecule has 0 aliphatic carbocycles. The molecular formula is C11H10N4S2.